The Hall–Kier alpha value is -1.81. The molecule has 1 aromatic carbocycles. The number of phenolic OH excluding ortho intramolecular Hbond substituents is 1. The van der Waals surface area contributed by atoms with Gasteiger partial charge in [0.2, 0.25) is 0 Å². The Morgan fingerprint density at radius 2 is 1.79 bits per heavy atom. The molecule has 1 fully saturated rings. The monoisotopic (exact) mass is 327 g/mol. The second-order valence-electron chi connectivity index (χ2n) is 7.28. The lowest BCUT2D eigenvalue weighted by atomic mass is 9.89. The fourth-order valence-electron chi connectivity index (χ4n) is 4.29. The Labute approximate surface area is 142 Å². The fraction of sp³-hybridized carbons (Fsp3) is 0.550. The van der Waals surface area contributed by atoms with Crippen molar-refractivity contribution in [2.45, 2.75) is 58.4 Å². The molecule has 0 atom stereocenters. The first kappa shape index (κ1) is 15.7. The number of nitrogens with zero attached hydrogens (tertiary/aromatic N) is 1. The minimum absolute atomic E-state index is 0.222. The third-order valence-electron chi connectivity index (χ3n) is 5.64. The largest absolute Gasteiger partial charge is 0.507 e. The molecule has 1 saturated heterocycles. The van der Waals surface area contributed by atoms with Crippen LogP contribution in [0.5, 0.6) is 5.75 Å². The van der Waals surface area contributed by atoms with Gasteiger partial charge >= 0.3 is 5.63 Å². The molecule has 0 spiro atoms. The lowest BCUT2D eigenvalue weighted by molar-refractivity contribution is 0.218. The van der Waals surface area contributed by atoms with Crippen molar-refractivity contribution in [3.63, 3.8) is 0 Å². The smallest absolute Gasteiger partial charge is 0.339 e. The van der Waals surface area contributed by atoms with Crippen molar-refractivity contribution in [2.24, 2.45) is 0 Å². The summed E-state index contributed by atoms with van der Waals surface area (Å²) in [6.45, 7) is 4.97. The molecule has 1 N–H and O–H groups in total. The summed E-state index contributed by atoms with van der Waals surface area (Å²) in [6, 6.07) is 1.94. The maximum Gasteiger partial charge on any atom is 0.339 e. The lowest BCUT2D eigenvalue weighted by Gasteiger charge is -2.28. The first-order chi connectivity index (χ1) is 11.6. The van der Waals surface area contributed by atoms with Gasteiger partial charge in [0.05, 0.1) is 5.39 Å². The molecule has 0 amide bonds. The van der Waals surface area contributed by atoms with Crippen molar-refractivity contribution < 1.29 is 9.52 Å². The molecule has 0 saturated carbocycles. The third kappa shape index (κ3) is 2.63. The van der Waals surface area contributed by atoms with Crippen molar-refractivity contribution in [3.8, 4) is 5.75 Å². The average Bonchev–Trinajstić information content (AvgIpc) is 2.59. The van der Waals surface area contributed by atoms with Crippen LogP contribution in [0.2, 0.25) is 0 Å². The van der Waals surface area contributed by atoms with Crippen molar-refractivity contribution in [1.82, 2.24) is 4.90 Å². The molecule has 0 radical (unpaired) electrons. The van der Waals surface area contributed by atoms with Crippen LogP contribution in [-0.4, -0.2) is 23.1 Å². The van der Waals surface area contributed by atoms with Crippen LogP contribution in [0.25, 0.3) is 11.0 Å². The summed E-state index contributed by atoms with van der Waals surface area (Å²) in [5.74, 6) is 0.331. The molecular weight excluding hydrogens is 302 g/mol. The van der Waals surface area contributed by atoms with E-state index in [4.69, 9.17) is 4.42 Å². The van der Waals surface area contributed by atoms with E-state index in [9.17, 15) is 9.90 Å². The van der Waals surface area contributed by atoms with Crippen molar-refractivity contribution >= 4 is 11.0 Å². The van der Waals surface area contributed by atoms with E-state index in [1.54, 1.807) is 0 Å². The van der Waals surface area contributed by atoms with Gasteiger partial charge in [-0.05, 0) is 75.7 Å². The van der Waals surface area contributed by atoms with Gasteiger partial charge in [-0.1, -0.05) is 6.42 Å². The molecule has 128 valence electrons. The van der Waals surface area contributed by atoms with Crippen LogP contribution in [0, 0.1) is 6.92 Å². The number of likely N-dealkylation sites (tertiary alicyclic amines) is 1. The molecule has 1 aliphatic carbocycles. The van der Waals surface area contributed by atoms with Crippen LogP contribution < -0.4 is 5.63 Å². The van der Waals surface area contributed by atoms with Crippen LogP contribution >= 0.6 is 0 Å². The molecule has 2 heterocycles. The Morgan fingerprint density at radius 1 is 1.08 bits per heavy atom. The highest BCUT2D eigenvalue weighted by atomic mass is 16.4. The highest BCUT2D eigenvalue weighted by Gasteiger charge is 2.23. The highest BCUT2D eigenvalue weighted by molar-refractivity contribution is 5.89. The standard InChI is InChI=1S/C20H25NO3/c1-13-11-17-18(14-7-3-4-8-15(14)20(23)24-17)19(22)16(13)12-21-9-5-2-6-10-21/h11,22H,2-10,12H2,1H3. The SMILES string of the molecule is Cc1cc2oc(=O)c3c(c2c(O)c1CN1CCCCC1)CCCC3. The van der Waals surface area contributed by atoms with E-state index >= 15 is 0 Å². The molecule has 1 aromatic heterocycles. The second kappa shape index (κ2) is 6.25. The predicted octanol–water partition coefficient (Wildman–Crippen LogP) is 3.67. The van der Waals surface area contributed by atoms with Crippen LogP contribution in [0.3, 0.4) is 0 Å². The van der Waals surface area contributed by atoms with Crippen LogP contribution in [0.4, 0.5) is 0 Å². The molecule has 24 heavy (non-hydrogen) atoms. The predicted molar refractivity (Wildman–Crippen MR) is 94.7 cm³/mol. The summed E-state index contributed by atoms with van der Waals surface area (Å²) in [5.41, 5.74) is 4.11. The van der Waals surface area contributed by atoms with Crippen LogP contribution in [0.1, 0.15) is 54.4 Å². The lowest BCUT2D eigenvalue weighted by Crippen LogP contribution is -2.29. The van der Waals surface area contributed by atoms with E-state index in [0.29, 0.717) is 11.3 Å². The zero-order valence-corrected chi connectivity index (χ0v) is 14.4. The molecule has 4 rings (SSSR count). The van der Waals surface area contributed by atoms with Gasteiger partial charge in [0, 0.05) is 17.7 Å². The van der Waals surface area contributed by atoms with E-state index in [0.717, 1.165) is 73.0 Å². The fourth-order valence-corrected chi connectivity index (χ4v) is 4.29. The van der Waals surface area contributed by atoms with Gasteiger partial charge in [-0.25, -0.2) is 4.79 Å². The van der Waals surface area contributed by atoms with Crippen LogP contribution in [0.15, 0.2) is 15.3 Å². The van der Waals surface area contributed by atoms with Gasteiger partial charge in [0.25, 0.3) is 0 Å². The number of benzene rings is 1. The summed E-state index contributed by atoms with van der Waals surface area (Å²) < 4.78 is 5.54. The maximum atomic E-state index is 12.2. The molecule has 1 aliphatic heterocycles. The molecule has 0 bridgehead atoms. The quantitative estimate of drug-likeness (QED) is 0.855. The van der Waals surface area contributed by atoms with Crippen molar-refractivity contribution in [3.05, 3.63) is 38.7 Å². The van der Waals surface area contributed by atoms with E-state index < -0.39 is 0 Å². The highest BCUT2D eigenvalue weighted by Crippen LogP contribution is 2.37. The Kier molecular flexibility index (Phi) is 4.09. The maximum absolute atomic E-state index is 12.2. The zero-order valence-electron chi connectivity index (χ0n) is 14.4. The summed E-state index contributed by atoms with van der Waals surface area (Å²) in [4.78, 5) is 14.7. The average molecular weight is 327 g/mol. The number of aryl methyl sites for hydroxylation is 2. The summed E-state index contributed by atoms with van der Waals surface area (Å²) in [5, 5.41) is 11.8. The topological polar surface area (TPSA) is 53.7 Å². The minimum Gasteiger partial charge on any atom is -0.507 e. The number of rotatable bonds is 2. The Bertz CT molecular complexity index is 831. The number of hydrogen-bond donors (Lipinski definition) is 1. The van der Waals surface area contributed by atoms with Crippen LogP contribution in [-0.2, 0) is 19.4 Å². The van der Waals surface area contributed by atoms with Gasteiger partial charge in [-0.15, -0.1) is 0 Å². The van der Waals surface area contributed by atoms with Gasteiger partial charge in [0.15, 0.2) is 0 Å². The Morgan fingerprint density at radius 3 is 2.54 bits per heavy atom. The van der Waals surface area contributed by atoms with E-state index in [2.05, 4.69) is 4.90 Å². The molecule has 4 heteroatoms. The number of hydrogen-bond acceptors (Lipinski definition) is 4. The van der Waals surface area contributed by atoms with Gasteiger partial charge < -0.3 is 9.52 Å². The normalized spacial score (nSPS) is 18.7. The van der Waals surface area contributed by atoms with E-state index in [1.165, 1.54) is 19.3 Å². The van der Waals surface area contributed by atoms with Gasteiger partial charge in [-0.3, -0.25) is 4.90 Å². The van der Waals surface area contributed by atoms with Gasteiger partial charge in [0.1, 0.15) is 11.3 Å². The zero-order chi connectivity index (χ0) is 16.7. The number of phenols is 1. The number of fused-ring (bicyclic) bond motifs is 3. The summed E-state index contributed by atoms with van der Waals surface area (Å²) in [7, 11) is 0. The second-order valence-corrected chi connectivity index (χ2v) is 7.28. The number of aromatic hydroxyl groups is 1. The molecule has 2 aliphatic rings. The van der Waals surface area contributed by atoms with Crippen molar-refractivity contribution in [1.29, 1.82) is 0 Å². The van der Waals surface area contributed by atoms with E-state index in [-0.39, 0.29) is 5.63 Å². The van der Waals surface area contributed by atoms with Crippen molar-refractivity contribution in [2.75, 3.05) is 13.1 Å². The molecule has 4 nitrogen and oxygen atoms in total. The van der Waals surface area contributed by atoms with E-state index in [1.807, 2.05) is 13.0 Å². The molecule has 0 unspecified atom stereocenters. The number of piperidine rings is 1. The molecular formula is C20H25NO3. The first-order valence-electron chi connectivity index (χ1n) is 9.17. The summed E-state index contributed by atoms with van der Waals surface area (Å²) in [6.07, 6.45) is 7.49. The molecule has 2 aromatic rings. The summed E-state index contributed by atoms with van der Waals surface area (Å²) >= 11 is 0. The first-order valence-corrected chi connectivity index (χ1v) is 9.17. The third-order valence-corrected chi connectivity index (χ3v) is 5.64. The Balaban J connectivity index is 1.86. The van der Waals surface area contributed by atoms with Gasteiger partial charge in [-0.2, -0.15) is 0 Å². The minimum atomic E-state index is -0.222.